The summed E-state index contributed by atoms with van der Waals surface area (Å²) in [6, 6.07) is -1.79. The van der Waals surface area contributed by atoms with Crippen molar-refractivity contribution in [3.8, 4) is 0 Å². The van der Waals surface area contributed by atoms with Crippen LogP contribution in [0.5, 0.6) is 0 Å². The van der Waals surface area contributed by atoms with Gasteiger partial charge in [-0.3, -0.25) is 0 Å². The van der Waals surface area contributed by atoms with Crippen molar-refractivity contribution >= 4 is 5.97 Å². The molecule has 0 bridgehead atoms. The number of hydrogen-bond acceptors (Lipinski definition) is 9. The van der Waals surface area contributed by atoms with Gasteiger partial charge in [0.25, 0.3) is 0 Å². The first-order valence-corrected chi connectivity index (χ1v) is 6.05. The van der Waals surface area contributed by atoms with Crippen LogP contribution in [0.15, 0.2) is 5.29 Å². The molecule has 6 N–H and O–H groups in total. The average Bonchev–Trinajstić information content (AvgIpc) is 2.39. The Morgan fingerprint density at radius 3 is 2.48 bits per heavy atom. The van der Waals surface area contributed by atoms with E-state index in [4.69, 9.17) is 9.84 Å². The third-order valence-corrected chi connectivity index (χ3v) is 3.21. The molecule has 0 spiro atoms. The highest BCUT2D eigenvalue weighted by molar-refractivity contribution is 5.74. The molecule has 0 amide bonds. The Kier molecular flexibility index (Phi) is 5.55. The third kappa shape index (κ3) is 3.64. The van der Waals surface area contributed by atoms with Crippen LogP contribution in [0.3, 0.4) is 0 Å². The van der Waals surface area contributed by atoms with E-state index in [0.29, 0.717) is 0 Å². The van der Waals surface area contributed by atoms with Gasteiger partial charge in [-0.1, -0.05) is 0 Å². The molecule has 0 aromatic rings. The predicted octanol–water partition coefficient (Wildman–Crippen LogP) is -3.39. The highest BCUT2D eigenvalue weighted by Crippen LogP contribution is 2.26. The number of carboxylic acids is 1. The number of carbonyl (C=O) groups is 1. The first kappa shape index (κ1) is 17.7. The molecule has 11 nitrogen and oxygen atoms in total. The molecular weight excluding hydrogens is 292 g/mol. The lowest BCUT2D eigenvalue weighted by atomic mass is 9.96. The van der Waals surface area contributed by atoms with Gasteiger partial charge in [-0.15, -0.1) is 4.91 Å². The van der Waals surface area contributed by atoms with Crippen molar-refractivity contribution < 1.29 is 40.2 Å². The van der Waals surface area contributed by atoms with Crippen molar-refractivity contribution in [2.24, 2.45) is 5.29 Å². The summed E-state index contributed by atoms with van der Waals surface area (Å²) in [5, 5.41) is 59.5. The van der Waals surface area contributed by atoms with Gasteiger partial charge in [-0.05, 0) is 6.92 Å². The number of hydrogen-bond donors (Lipinski definition) is 6. The van der Waals surface area contributed by atoms with E-state index in [1.54, 1.807) is 0 Å². The molecule has 6 atom stereocenters. The summed E-state index contributed by atoms with van der Waals surface area (Å²) in [7, 11) is 0. The molecule has 1 aliphatic heterocycles. The molecule has 1 unspecified atom stereocenters. The van der Waals surface area contributed by atoms with Gasteiger partial charge in [0.2, 0.25) is 5.79 Å². The van der Waals surface area contributed by atoms with E-state index in [2.05, 4.69) is 5.29 Å². The highest BCUT2D eigenvalue weighted by atomic mass is 16.6. The Morgan fingerprint density at radius 1 is 1.48 bits per heavy atom. The largest absolute Gasteiger partial charge is 0.480 e. The number of nitrogens with zero attached hydrogens (tertiary/aromatic N) is 2. The Bertz CT molecular complexity index is 393. The SMILES string of the molecule is C[C@@H](O)[C@@H](C(=O)O)N(CC1(O)OC[C@@H](O)[C@@H](O)[C@@H]1O)N=O. The van der Waals surface area contributed by atoms with Crippen LogP contribution >= 0.6 is 0 Å². The lowest BCUT2D eigenvalue weighted by Gasteiger charge is -2.43. The Balaban J connectivity index is 2.94. The minimum absolute atomic E-state index is 0.278. The van der Waals surface area contributed by atoms with Crippen molar-refractivity contribution in [3.05, 3.63) is 4.91 Å². The lowest BCUT2D eigenvalue weighted by molar-refractivity contribution is -0.326. The van der Waals surface area contributed by atoms with Gasteiger partial charge in [0.15, 0.2) is 6.04 Å². The Labute approximate surface area is 118 Å². The van der Waals surface area contributed by atoms with Gasteiger partial charge in [0.1, 0.15) is 18.3 Å². The van der Waals surface area contributed by atoms with Crippen molar-refractivity contribution in [1.29, 1.82) is 0 Å². The minimum Gasteiger partial charge on any atom is -0.480 e. The van der Waals surface area contributed by atoms with Gasteiger partial charge >= 0.3 is 5.97 Å². The standard InChI is InChI=1S/C10H18N2O9/c1-4(13)6(9(17)18)12(11-20)3-10(19)8(16)7(15)5(14)2-21-10/h4-8,13-16,19H,2-3H2,1H3,(H,17,18)/t4-,5-,6+,7-,8+,10?/m1/s1. The number of ether oxygens (including phenoxy) is 1. The molecule has 0 radical (unpaired) electrons. The molecule has 0 aromatic heterocycles. The van der Waals surface area contributed by atoms with E-state index in [1.165, 1.54) is 0 Å². The number of rotatable bonds is 6. The summed E-state index contributed by atoms with van der Waals surface area (Å²) < 4.78 is 4.78. The summed E-state index contributed by atoms with van der Waals surface area (Å²) in [6.07, 6.45) is -6.73. The zero-order chi connectivity index (χ0) is 16.4. The quantitative estimate of drug-likeness (QED) is 0.214. The van der Waals surface area contributed by atoms with Crippen LogP contribution in [0.1, 0.15) is 6.92 Å². The fraction of sp³-hybridized carbons (Fsp3) is 0.900. The zero-order valence-electron chi connectivity index (χ0n) is 11.1. The van der Waals surface area contributed by atoms with Gasteiger partial charge in [0.05, 0.1) is 24.5 Å². The molecular formula is C10H18N2O9. The summed E-state index contributed by atoms with van der Waals surface area (Å²) in [5.74, 6) is -4.12. The number of aliphatic carboxylic acids is 1. The summed E-state index contributed by atoms with van der Waals surface area (Å²) in [4.78, 5) is 21.8. The molecule has 0 aliphatic carbocycles. The Hall–Kier alpha value is -1.37. The van der Waals surface area contributed by atoms with Gasteiger partial charge in [-0.2, -0.15) is 0 Å². The normalized spacial score (nSPS) is 35.8. The Morgan fingerprint density at radius 2 is 2.05 bits per heavy atom. The molecule has 1 heterocycles. The second-order valence-corrected chi connectivity index (χ2v) is 4.86. The van der Waals surface area contributed by atoms with Crippen LogP contribution in [0, 0.1) is 4.91 Å². The fourth-order valence-electron chi connectivity index (χ4n) is 2.02. The van der Waals surface area contributed by atoms with Crippen molar-refractivity contribution in [1.82, 2.24) is 5.01 Å². The van der Waals surface area contributed by atoms with Crippen LogP contribution in [0.25, 0.3) is 0 Å². The molecule has 122 valence electrons. The van der Waals surface area contributed by atoms with E-state index in [0.717, 1.165) is 6.92 Å². The van der Waals surface area contributed by atoms with Gasteiger partial charge in [0, 0.05) is 0 Å². The van der Waals surface area contributed by atoms with Crippen LogP contribution in [0.2, 0.25) is 0 Å². The molecule has 0 aromatic carbocycles. The molecule has 1 rings (SSSR count). The molecule has 1 fully saturated rings. The van der Waals surface area contributed by atoms with Crippen LogP contribution < -0.4 is 0 Å². The monoisotopic (exact) mass is 310 g/mol. The maximum Gasteiger partial charge on any atom is 0.330 e. The smallest absolute Gasteiger partial charge is 0.330 e. The van der Waals surface area contributed by atoms with E-state index in [-0.39, 0.29) is 5.01 Å². The van der Waals surface area contributed by atoms with Crippen molar-refractivity contribution in [2.75, 3.05) is 13.2 Å². The zero-order valence-corrected chi connectivity index (χ0v) is 11.1. The van der Waals surface area contributed by atoms with Gasteiger partial charge < -0.3 is 35.4 Å². The molecule has 21 heavy (non-hydrogen) atoms. The molecule has 1 aliphatic rings. The van der Waals surface area contributed by atoms with E-state index >= 15 is 0 Å². The highest BCUT2D eigenvalue weighted by Gasteiger charge is 2.51. The molecule has 11 heteroatoms. The van der Waals surface area contributed by atoms with E-state index in [1.807, 2.05) is 0 Å². The molecule has 1 saturated heterocycles. The second kappa shape index (κ2) is 6.60. The minimum atomic E-state index is -2.53. The predicted molar refractivity (Wildman–Crippen MR) is 64.5 cm³/mol. The fourth-order valence-corrected chi connectivity index (χ4v) is 2.02. The molecule has 0 saturated carbocycles. The topological polar surface area (TPSA) is 180 Å². The maximum atomic E-state index is 11.0. The average molecular weight is 310 g/mol. The third-order valence-electron chi connectivity index (χ3n) is 3.21. The summed E-state index contributed by atoms with van der Waals surface area (Å²) >= 11 is 0. The van der Waals surface area contributed by atoms with Crippen LogP contribution in [-0.2, 0) is 9.53 Å². The first-order chi connectivity index (χ1) is 9.64. The van der Waals surface area contributed by atoms with Crippen LogP contribution in [-0.4, -0.2) is 91.0 Å². The second-order valence-electron chi connectivity index (χ2n) is 4.86. The summed E-state index contributed by atoms with van der Waals surface area (Å²) in [6.45, 7) is -0.380. The van der Waals surface area contributed by atoms with E-state index < -0.39 is 55.4 Å². The van der Waals surface area contributed by atoms with Crippen LogP contribution in [0.4, 0.5) is 0 Å². The number of carboxylic acid groups (broad SMARTS) is 1. The van der Waals surface area contributed by atoms with Crippen molar-refractivity contribution in [2.45, 2.75) is 43.2 Å². The maximum absolute atomic E-state index is 11.0. The van der Waals surface area contributed by atoms with E-state index in [9.17, 15) is 35.2 Å². The lowest BCUT2D eigenvalue weighted by Crippen LogP contribution is -2.65. The summed E-state index contributed by atoms with van der Waals surface area (Å²) in [5.41, 5.74) is 0. The van der Waals surface area contributed by atoms with Gasteiger partial charge in [-0.25, -0.2) is 9.80 Å². The number of aliphatic hydroxyl groups excluding tert-OH is 4. The first-order valence-electron chi connectivity index (χ1n) is 6.05. The van der Waals surface area contributed by atoms with Crippen molar-refractivity contribution in [3.63, 3.8) is 0 Å². The number of nitroso groups, excluding NO2 is 1. The number of aliphatic hydroxyl groups is 5.